The maximum atomic E-state index is 14.1. The van der Waals surface area contributed by atoms with Crippen LogP contribution < -0.4 is 16.1 Å². The fourth-order valence-electron chi connectivity index (χ4n) is 4.93. The van der Waals surface area contributed by atoms with Crippen molar-refractivity contribution in [1.82, 2.24) is 21.1 Å². The summed E-state index contributed by atoms with van der Waals surface area (Å²) in [6.07, 6.45) is -2.78. The Morgan fingerprint density at radius 1 is 1.12 bits per heavy atom. The van der Waals surface area contributed by atoms with Crippen molar-refractivity contribution in [2.24, 2.45) is 16.8 Å². The maximum absolute atomic E-state index is 14.1. The van der Waals surface area contributed by atoms with Gasteiger partial charge in [0.1, 0.15) is 18.4 Å². The molecule has 1 aliphatic heterocycles. The number of nitrogens with one attached hydrogen (secondary N) is 3. The molecule has 3 aliphatic rings. The lowest BCUT2D eigenvalue weighted by atomic mass is 9.88. The number of carbonyl (C=O) groups excluding carboxylic acids is 1. The summed E-state index contributed by atoms with van der Waals surface area (Å²) in [5.74, 6) is -1.34. The van der Waals surface area contributed by atoms with Gasteiger partial charge < -0.3 is 5.32 Å². The van der Waals surface area contributed by atoms with Crippen LogP contribution >= 0.6 is 23.2 Å². The highest BCUT2D eigenvalue weighted by Gasteiger charge is 2.52. The first kappa shape index (κ1) is 26.8. The molecular weight excluding hydrogens is 485 g/mol. The van der Waals surface area contributed by atoms with E-state index in [1.54, 1.807) is 6.92 Å². The Hall–Kier alpha value is -0.840. The van der Waals surface area contributed by atoms with Crippen LogP contribution in [0.4, 0.5) is 17.6 Å². The molecule has 3 N–H and O–H groups in total. The van der Waals surface area contributed by atoms with Gasteiger partial charge in [0.15, 0.2) is 5.96 Å². The van der Waals surface area contributed by atoms with E-state index in [0.29, 0.717) is 19.3 Å². The minimum atomic E-state index is -4.44. The second kappa shape index (κ2) is 11.3. The van der Waals surface area contributed by atoms with Crippen LogP contribution in [0.1, 0.15) is 58.8 Å². The van der Waals surface area contributed by atoms with Crippen LogP contribution in [0.15, 0.2) is 4.99 Å². The molecule has 33 heavy (non-hydrogen) atoms. The van der Waals surface area contributed by atoms with Crippen LogP contribution in [0.3, 0.4) is 0 Å². The highest BCUT2D eigenvalue weighted by Crippen LogP contribution is 2.34. The van der Waals surface area contributed by atoms with Gasteiger partial charge >= 0.3 is 6.18 Å². The quantitative estimate of drug-likeness (QED) is 0.227. The van der Waals surface area contributed by atoms with Gasteiger partial charge in [0, 0.05) is 35.2 Å². The molecule has 3 rings (SSSR count). The number of carbonyl (C=O) groups is 1. The molecule has 12 heteroatoms. The van der Waals surface area contributed by atoms with Crippen molar-refractivity contribution in [1.29, 1.82) is 0 Å². The molecule has 0 aromatic carbocycles. The Morgan fingerprint density at radius 2 is 1.79 bits per heavy atom. The third-order valence-corrected chi connectivity index (χ3v) is 7.57. The number of halogens is 6. The third-order valence-electron chi connectivity index (χ3n) is 6.78. The molecule has 1 heterocycles. The van der Waals surface area contributed by atoms with Crippen molar-refractivity contribution in [3.63, 3.8) is 0 Å². The van der Waals surface area contributed by atoms with Crippen molar-refractivity contribution in [2.45, 2.75) is 100 Å². The summed E-state index contributed by atoms with van der Waals surface area (Å²) in [6.45, 7) is 3.49. The monoisotopic (exact) mass is 517 g/mol. The summed E-state index contributed by atoms with van der Waals surface area (Å²) in [7, 11) is 0. The summed E-state index contributed by atoms with van der Waals surface area (Å²) < 4.78 is 54.5. The highest BCUT2D eigenvalue weighted by molar-refractivity contribution is 6.21. The molecule has 0 aromatic rings. The predicted octanol–water partition coefficient (Wildman–Crippen LogP) is 4.08. The second-order valence-corrected chi connectivity index (χ2v) is 10.6. The summed E-state index contributed by atoms with van der Waals surface area (Å²) >= 11 is 12.3. The number of rotatable bonds is 4. The standard InChI is InChI=1S/C21H33Cl2F4N5O/c1-3-32-18(11(2)17(31-32)21(25,26)27)29-20(28-16-9-14(23)8-15(24)10-16)30-19(33)12-4-6-13(22)7-5-12/h11-18,31H,3-10H2,1-2H3,(H2,28,29,30,33). The lowest BCUT2D eigenvalue weighted by Gasteiger charge is -2.31. The first-order valence-corrected chi connectivity index (χ1v) is 12.5. The summed E-state index contributed by atoms with van der Waals surface area (Å²) in [6, 6.07) is -2.13. The molecule has 0 spiro atoms. The number of hydrogen-bond acceptors (Lipinski definition) is 4. The molecular formula is C21H33Cl2F4N5O. The lowest BCUT2D eigenvalue weighted by Crippen LogP contribution is -2.51. The maximum Gasteiger partial charge on any atom is 0.405 e. The van der Waals surface area contributed by atoms with Gasteiger partial charge in [-0.3, -0.25) is 10.1 Å². The zero-order valence-corrected chi connectivity index (χ0v) is 20.4. The van der Waals surface area contributed by atoms with Crippen molar-refractivity contribution < 1.29 is 22.4 Å². The molecule has 3 fully saturated rings. The Morgan fingerprint density at radius 3 is 2.36 bits per heavy atom. The van der Waals surface area contributed by atoms with E-state index >= 15 is 0 Å². The Kier molecular flexibility index (Phi) is 9.13. The SMILES string of the molecule is CCN1NC(C(F)(F)F)C(C)C1/N=C(/NC(=O)C1CCC(Cl)CC1)NC1CC(F)CC(Cl)C1. The molecule has 6 unspecified atom stereocenters. The van der Waals surface area contributed by atoms with Crippen LogP contribution in [-0.2, 0) is 4.79 Å². The summed E-state index contributed by atoms with van der Waals surface area (Å²) in [5, 5.41) is 6.95. The predicted molar refractivity (Wildman–Crippen MR) is 121 cm³/mol. The topological polar surface area (TPSA) is 68.8 Å². The van der Waals surface area contributed by atoms with Crippen LogP contribution in [0.25, 0.3) is 0 Å². The van der Waals surface area contributed by atoms with Gasteiger partial charge in [-0.15, -0.1) is 23.2 Å². The van der Waals surface area contributed by atoms with Gasteiger partial charge in [0.25, 0.3) is 0 Å². The fraction of sp³-hybridized carbons (Fsp3) is 0.905. The van der Waals surface area contributed by atoms with E-state index in [2.05, 4.69) is 21.1 Å². The van der Waals surface area contributed by atoms with Crippen LogP contribution in [-0.4, -0.2) is 64.8 Å². The smallest absolute Gasteiger partial charge is 0.353 e. The normalized spacial score (nSPS) is 38.8. The second-order valence-electron chi connectivity index (χ2n) is 9.37. The van der Waals surface area contributed by atoms with Gasteiger partial charge in [0.2, 0.25) is 5.91 Å². The zero-order valence-electron chi connectivity index (χ0n) is 18.8. The number of hydrogen-bond donors (Lipinski definition) is 3. The molecule has 190 valence electrons. The minimum absolute atomic E-state index is 0.0486. The molecule has 2 aliphatic carbocycles. The van der Waals surface area contributed by atoms with E-state index in [-0.39, 0.29) is 54.0 Å². The Labute approximate surface area is 202 Å². The van der Waals surface area contributed by atoms with Crippen molar-refractivity contribution in [3.05, 3.63) is 0 Å². The van der Waals surface area contributed by atoms with E-state index in [0.717, 1.165) is 12.8 Å². The summed E-state index contributed by atoms with van der Waals surface area (Å²) in [4.78, 5) is 17.4. The molecule has 1 saturated heterocycles. The average molecular weight is 518 g/mol. The van der Waals surface area contributed by atoms with Gasteiger partial charge in [-0.1, -0.05) is 13.8 Å². The lowest BCUT2D eigenvalue weighted by molar-refractivity contribution is -0.163. The molecule has 2 saturated carbocycles. The van der Waals surface area contributed by atoms with Crippen molar-refractivity contribution in [2.75, 3.05) is 6.54 Å². The largest absolute Gasteiger partial charge is 0.405 e. The molecule has 0 bridgehead atoms. The third kappa shape index (κ3) is 7.08. The van der Waals surface area contributed by atoms with Gasteiger partial charge in [-0.25, -0.2) is 19.8 Å². The minimum Gasteiger partial charge on any atom is -0.353 e. The van der Waals surface area contributed by atoms with Crippen LogP contribution in [0.2, 0.25) is 0 Å². The van der Waals surface area contributed by atoms with Gasteiger partial charge in [-0.2, -0.15) is 13.2 Å². The Bertz CT molecular complexity index is 695. The number of amides is 1. The highest BCUT2D eigenvalue weighted by atomic mass is 35.5. The van der Waals surface area contributed by atoms with Crippen LogP contribution in [0.5, 0.6) is 0 Å². The molecule has 0 aromatic heterocycles. The van der Waals surface area contributed by atoms with Crippen molar-refractivity contribution >= 4 is 35.1 Å². The van der Waals surface area contributed by atoms with E-state index in [1.807, 2.05) is 0 Å². The number of hydrazine groups is 1. The van der Waals surface area contributed by atoms with Crippen LogP contribution in [0, 0.1) is 11.8 Å². The number of nitrogens with zero attached hydrogens (tertiary/aromatic N) is 2. The van der Waals surface area contributed by atoms with Gasteiger partial charge in [0.05, 0.1) is 0 Å². The number of alkyl halides is 6. The number of aliphatic imine (C=N–C) groups is 1. The van der Waals surface area contributed by atoms with E-state index < -0.39 is 30.5 Å². The first-order chi connectivity index (χ1) is 15.5. The van der Waals surface area contributed by atoms with Gasteiger partial charge in [-0.05, 0) is 44.9 Å². The van der Waals surface area contributed by atoms with E-state index in [4.69, 9.17) is 23.2 Å². The van der Waals surface area contributed by atoms with E-state index in [1.165, 1.54) is 11.9 Å². The number of guanidine groups is 1. The molecule has 6 atom stereocenters. The molecule has 0 radical (unpaired) electrons. The molecule has 6 nitrogen and oxygen atoms in total. The first-order valence-electron chi connectivity index (χ1n) is 11.6. The fourth-order valence-corrected chi connectivity index (χ4v) is 5.59. The Balaban J connectivity index is 1.80. The van der Waals surface area contributed by atoms with Crippen molar-refractivity contribution in [3.8, 4) is 0 Å². The molecule has 1 amide bonds. The average Bonchev–Trinajstić information content (AvgIpc) is 3.03. The summed E-state index contributed by atoms with van der Waals surface area (Å²) in [5.41, 5.74) is 2.49. The zero-order chi connectivity index (χ0) is 24.3. The van der Waals surface area contributed by atoms with E-state index in [9.17, 15) is 22.4 Å².